The number of rotatable bonds is 7. The van der Waals surface area contributed by atoms with Crippen LogP contribution in [0, 0.1) is 6.92 Å². The Morgan fingerprint density at radius 3 is 2.55 bits per heavy atom. The summed E-state index contributed by atoms with van der Waals surface area (Å²) in [5.41, 5.74) is 1.47. The van der Waals surface area contributed by atoms with Crippen LogP contribution in [0.1, 0.15) is 18.2 Å². The summed E-state index contributed by atoms with van der Waals surface area (Å²) in [5.74, 6) is 6.16. The number of nitrogens with zero attached hydrogens (tertiary/aromatic N) is 3. The topological polar surface area (TPSA) is 112 Å². The molecule has 3 aromatic rings. The predicted octanol–water partition coefficient (Wildman–Crippen LogP) is 2.36. The highest BCUT2D eigenvalue weighted by atomic mass is 32.2. The second kappa shape index (κ2) is 9.24. The van der Waals surface area contributed by atoms with E-state index in [9.17, 15) is 9.59 Å². The maximum atomic E-state index is 12.4. The number of anilines is 1. The average molecular weight is 411 g/mol. The molecule has 3 N–H and O–H groups in total. The van der Waals surface area contributed by atoms with Gasteiger partial charge in [-0.15, -0.1) is 10.2 Å². The van der Waals surface area contributed by atoms with E-state index < -0.39 is 10.8 Å². The molecule has 0 aliphatic heterocycles. The van der Waals surface area contributed by atoms with E-state index >= 15 is 0 Å². The smallest absolute Gasteiger partial charge is 0.294 e. The van der Waals surface area contributed by atoms with Crippen LogP contribution in [0.25, 0.3) is 0 Å². The minimum atomic E-state index is -0.532. The molecule has 150 valence electrons. The Hall–Kier alpha value is -3.33. The number of aromatic nitrogens is 3. The maximum Gasteiger partial charge on any atom is 0.294 e. The molecule has 1 heterocycles. The van der Waals surface area contributed by atoms with Crippen LogP contribution in [0.4, 0.5) is 5.69 Å². The van der Waals surface area contributed by atoms with Crippen molar-refractivity contribution in [3.05, 3.63) is 76.2 Å². The SMILES string of the molecule is Cc1nnc(S[C@H](C)C(=O)Nc2ccc(OCc3ccccc3)cc2)n(N)c1=O. The molecule has 0 unspecified atom stereocenters. The molecule has 0 aliphatic carbocycles. The number of carbonyl (C=O) groups excluding carboxylic acids is 1. The summed E-state index contributed by atoms with van der Waals surface area (Å²) in [5, 5.41) is 10.1. The Labute approximate surface area is 172 Å². The van der Waals surface area contributed by atoms with Gasteiger partial charge in [0, 0.05) is 5.69 Å². The molecular weight excluding hydrogens is 390 g/mol. The third-order valence-corrected chi connectivity index (χ3v) is 5.10. The van der Waals surface area contributed by atoms with Crippen molar-refractivity contribution in [1.82, 2.24) is 14.9 Å². The van der Waals surface area contributed by atoms with E-state index in [0.29, 0.717) is 18.0 Å². The molecule has 0 saturated heterocycles. The van der Waals surface area contributed by atoms with E-state index in [4.69, 9.17) is 10.6 Å². The third kappa shape index (κ3) is 5.35. The normalized spacial score (nSPS) is 11.7. The summed E-state index contributed by atoms with van der Waals surface area (Å²) in [6.45, 7) is 3.69. The Bertz CT molecular complexity index is 1040. The number of hydrogen-bond acceptors (Lipinski definition) is 7. The first-order valence-corrected chi connectivity index (χ1v) is 9.77. The van der Waals surface area contributed by atoms with Crippen LogP contribution in [-0.4, -0.2) is 26.0 Å². The lowest BCUT2D eigenvalue weighted by molar-refractivity contribution is -0.115. The van der Waals surface area contributed by atoms with E-state index in [-0.39, 0.29) is 16.8 Å². The number of amides is 1. The van der Waals surface area contributed by atoms with Crippen LogP contribution >= 0.6 is 11.8 Å². The second-order valence-corrected chi connectivity index (χ2v) is 7.60. The Balaban J connectivity index is 1.56. The number of nitrogens with two attached hydrogens (primary N) is 1. The number of aryl methyl sites for hydroxylation is 1. The van der Waals surface area contributed by atoms with Gasteiger partial charge in [0.05, 0.1) is 5.25 Å². The maximum absolute atomic E-state index is 12.4. The number of benzene rings is 2. The van der Waals surface area contributed by atoms with Crippen molar-refractivity contribution in [2.75, 3.05) is 11.2 Å². The fourth-order valence-corrected chi connectivity index (χ4v) is 3.15. The first kappa shape index (κ1) is 20.4. The van der Waals surface area contributed by atoms with Crippen molar-refractivity contribution >= 4 is 23.4 Å². The molecule has 2 aromatic carbocycles. The van der Waals surface area contributed by atoms with E-state index in [1.54, 1.807) is 31.2 Å². The van der Waals surface area contributed by atoms with Crippen LogP contribution in [0.5, 0.6) is 5.75 Å². The summed E-state index contributed by atoms with van der Waals surface area (Å²) in [6.07, 6.45) is 0. The van der Waals surface area contributed by atoms with Crippen LogP contribution < -0.4 is 21.5 Å². The van der Waals surface area contributed by atoms with Gasteiger partial charge in [0.15, 0.2) is 0 Å². The minimum absolute atomic E-state index is 0.174. The molecule has 1 atom stereocenters. The first-order chi connectivity index (χ1) is 13.9. The lowest BCUT2D eigenvalue weighted by atomic mass is 10.2. The van der Waals surface area contributed by atoms with Crippen molar-refractivity contribution in [3.8, 4) is 5.75 Å². The van der Waals surface area contributed by atoms with Gasteiger partial charge >= 0.3 is 0 Å². The Morgan fingerprint density at radius 2 is 1.86 bits per heavy atom. The largest absolute Gasteiger partial charge is 0.489 e. The van der Waals surface area contributed by atoms with Gasteiger partial charge in [-0.25, -0.2) is 0 Å². The highest BCUT2D eigenvalue weighted by Gasteiger charge is 2.18. The van der Waals surface area contributed by atoms with Crippen molar-refractivity contribution in [1.29, 1.82) is 0 Å². The van der Waals surface area contributed by atoms with Crippen molar-refractivity contribution < 1.29 is 9.53 Å². The van der Waals surface area contributed by atoms with Crippen molar-refractivity contribution in [2.24, 2.45) is 0 Å². The molecule has 0 bridgehead atoms. The van der Waals surface area contributed by atoms with Crippen LogP contribution in [0.15, 0.2) is 64.5 Å². The van der Waals surface area contributed by atoms with Gasteiger partial charge < -0.3 is 15.9 Å². The number of nitrogens with one attached hydrogen (secondary N) is 1. The summed E-state index contributed by atoms with van der Waals surface area (Å²) < 4.78 is 6.63. The highest BCUT2D eigenvalue weighted by Crippen LogP contribution is 2.21. The predicted molar refractivity (Wildman–Crippen MR) is 112 cm³/mol. The quantitative estimate of drug-likeness (QED) is 0.453. The van der Waals surface area contributed by atoms with Gasteiger partial charge in [0.1, 0.15) is 18.1 Å². The average Bonchev–Trinajstić information content (AvgIpc) is 2.74. The molecule has 9 heteroatoms. The highest BCUT2D eigenvalue weighted by molar-refractivity contribution is 8.00. The fourth-order valence-electron chi connectivity index (χ4n) is 2.38. The van der Waals surface area contributed by atoms with Crippen molar-refractivity contribution in [2.45, 2.75) is 30.9 Å². The summed E-state index contributed by atoms with van der Waals surface area (Å²) in [6, 6.07) is 17.0. The molecule has 1 aromatic heterocycles. The second-order valence-electron chi connectivity index (χ2n) is 6.29. The minimum Gasteiger partial charge on any atom is -0.489 e. The number of carbonyl (C=O) groups is 1. The van der Waals surface area contributed by atoms with Gasteiger partial charge in [-0.1, -0.05) is 42.1 Å². The van der Waals surface area contributed by atoms with Gasteiger partial charge in [-0.2, -0.15) is 4.68 Å². The number of thioether (sulfide) groups is 1. The van der Waals surface area contributed by atoms with Gasteiger partial charge in [-0.3, -0.25) is 9.59 Å². The molecule has 0 fully saturated rings. The molecule has 0 aliphatic rings. The Morgan fingerprint density at radius 1 is 1.17 bits per heavy atom. The lowest BCUT2D eigenvalue weighted by Crippen LogP contribution is -2.33. The number of nitrogen functional groups attached to an aromatic ring is 1. The molecule has 0 spiro atoms. The lowest BCUT2D eigenvalue weighted by Gasteiger charge is -2.13. The van der Waals surface area contributed by atoms with E-state index in [2.05, 4.69) is 15.5 Å². The van der Waals surface area contributed by atoms with Gasteiger partial charge in [0.2, 0.25) is 11.1 Å². The zero-order valence-electron chi connectivity index (χ0n) is 16.0. The van der Waals surface area contributed by atoms with Crippen LogP contribution in [-0.2, 0) is 11.4 Å². The van der Waals surface area contributed by atoms with Crippen LogP contribution in [0.3, 0.4) is 0 Å². The van der Waals surface area contributed by atoms with Crippen LogP contribution in [0.2, 0.25) is 0 Å². The van der Waals surface area contributed by atoms with E-state index in [1.165, 1.54) is 6.92 Å². The van der Waals surface area contributed by atoms with Gasteiger partial charge in [0.25, 0.3) is 5.56 Å². The standard InChI is InChI=1S/C20H21N5O3S/c1-13-19(27)25(21)20(24-23-13)29-14(2)18(26)22-16-8-10-17(11-9-16)28-12-15-6-4-3-5-7-15/h3-11,14H,12,21H2,1-2H3,(H,22,26)/t14-/m1/s1. The zero-order valence-corrected chi connectivity index (χ0v) is 16.8. The molecule has 1 amide bonds. The van der Waals surface area contributed by atoms with Crippen molar-refractivity contribution in [3.63, 3.8) is 0 Å². The molecule has 0 radical (unpaired) electrons. The molecule has 8 nitrogen and oxygen atoms in total. The first-order valence-electron chi connectivity index (χ1n) is 8.90. The summed E-state index contributed by atoms with van der Waals surface area (Å²) >= 11 is 1.06. The molecule has 3 rings (SSSR count). The van der Waals surface area contributed by atoms with Gasteiger partial charge in [-0.05, 0) is 43.7 Å². The molecular formula is C20H21N5O3S. The monoisotopic (exact) mass is 411 g/mol. The fraction of sp³-hybridized carbons (Fsp3) is 0.200. The zero-order chi connectivity index (χ0) is 20.8. The van der Waals surface area contributed by atoms with E-state index in [0.717, 1.165) is 22.0 Å². The Kier molecular flexibility index (Phi) is 6.50. The molecule has 29 heavy (non-hydrogen) atoms. The molecule has 0 saturated carbocycles. The third-order valence-electron chi connectivity index (χ3n) is 4.04. The number of hydrogen-bond donors (Lipinski definition) is 2. The summed E-state index contributed by atoms with van der Waals surface area (Å²) in [7, 11) is 0. The number of ether oxygens (including phenoxy) is 1. The van der Waals surface area contributed by atoms with E-state index in [1.807, 2.05) is 30.3 Å². The summed E-state index contributed by atoms with van der Waals surface area (Å²) in [4.78, 5) is 24.3.